The molecule has 1 unspecified atom stereocenters. The molecule has 2 aromatic carbocycles. The number of fused-ring (bicyclic) bond motifs is 1. The van der Waals surface area contributed by atoms with Crippen molar-refractivity contribution in [3.8, 4) is 5.75 Å². The molecule has 4 rings (SSSR count). The Balaban J connectivity index is 1.62. The number of rotatable bonds is 3. The predicted molar refractivity (Wildman–Crippen MR) is 109 cm³/mol. The van der Waals surface area contributed by atoms with Crippen LogP contribution in [0.4, 0.5) is 5.69 Å². The van der Waals surface area contributed by atoms with Crippen molar-refractivity contribution in [2.75, 3.05) is 19.0 Å². The molecule has 1 atom stereocenters. The second-order valence-corrected chi connectivity index (χ2v) is 6.68. The average Bonchev–Trinajstić information content (AvgIpc) is 3.17. The van der Waals surface area contributed by atoms with Crippen LogP contribution in [0.25, 0.3) is 0 Å². The minimum Gasteiger partial charge on any atom is -0.497 e. The largest absolute Gasteiger partial charge is 0.497 e. The van der Waals surface area contributed by atoms with Crippen molar-refractivity contribution >= 4 is 23.0 Å². The number of nitrogens with one attached hydrogen (secondary N) is 1. The fourth-order valence-electron chi connectivity index (χ4n) is 3.46. The van der Waals surface area contributed by atoms with Crippen LogP contribution in [-0.4, -0.2) is 28.2 Å². The molecule has 1 aliphatic heterocycles. The Kier molecular flexibility index (Phi) is 4.63. The Morgan fingerprint density at radius 1 is 1.00 bits per heavy atom. The van der Waals surface area contributed by atoms with E-state index in [2.05, 4.69) is 57.4 Å². The van der Waals surface area contributed by atoms with Crippen molar-refractivity contribution in [2.45, 2.75) is 12.6 Å². The lowest BCUT2D eigenvalue weighted by Gasteiger charge is -2.39. The summed E-state index contributed by atoms with van der Waals surface area (Å²) in [6.07, 6.45) is 2.14. The van der Waals surface area contributed by atoms with Gasteiger partial charge >= 0.3 is 0 Å². The molecule has 0 saturated carbocycles. The van der Waals surface area contributed by atoms with E-state index in [0.29, 0.717) is 0 Å². The fourth-order valence-corrected chi connectivity index (χ4v) is 3.77. The van der Waals surface area contributed by atoms with Gasteiger partial charge in [0.05, 0.1) is 13.2 Å². The monoisotopic (exact) mass is 363 g/mol. The summed E-state index contributed by atoms with van der Waals surface area (Å²) in [5.74, 6) is 0.833. The zero-order valence-electron chi connectivity index (χ0n) is 14.6. The van der Waals surface area contributed by atoms with Gasteiger partial charge in [-0.2, -0.15) is 0 Å². The molecule has 0 amide bonds. The van der Waals surface area contributed by atoms with Gasteiger partial charge in [0.25, 0.3) is 0 Å². The number of ether oxygens (including phenoxy) is 1. The van der Waals surface area contributed by atoms with E-state index in [9.17, 15) is 0 Å². The summed E-state index contributed by atoms with van der Waals surface area (Å²) in [6.45, 7) is 1.79. The molecule has 0 radical (unpaired) electrons. The minimum atomic E-state index is 0.109. The van der Waals surface area contributed by atoms with Gasteiger partial charge in [0.15, 0.2) is 5.11 Å². The number of nitrogens with zero attached hydrogens (tertiary/aromatic N) is 2. The van der Waals surface area contributed by atoms with E-state index in [4.69, 9.17) is 17.0 Å². The molecule has 5 heteroatoms. The molecule has 1 aromatic heterocycles. The maximum atomic E-state index is 5.77. The third-order valence-electron chi connectivity index (χ3n) is 4.76. The van der Waals surface area contributed by atoms with Gasteiger partial charge < -0.3 is 19.5 Å². The van der Waals surface area contributed by atoms with E-state index in [0.717, 1.165) is 29.6 Å². The SMILES string of the molecule is COc1ccc(NC(=S)N2CCn3cccc3C2c2ccccc2)cc1. The average molecular weight is 363 g/mol. The summed E-state index contributed by atoms with van der Waals surface area (Å²) in [4.78, 5) is 2.27. The van der Waals surface area contributed by atoms with Crippen LogP contribution in [0.3, 0.4) is 0 Å². The molecule has 3 aromatic rings. The summed E-state index contributed by atoms with van der Waals surface area (Å²) in [5.41, 5.74) is 3.47. The van der Waals surface area contributed by atoms with Crippen molar-refractivity contribution in [1.82, 2.24) is 9.47 Å². The maximum Gasteiger partial charge on any atom is 0.174 e. The van der Waals surface area contributed by atoms with E-state index < -0.39 is 0 Å². The Labute approximate surface area is 159 Å². The Bertz CT molecular complexity index is 889. The van der Waals surface area contributed by atoms with Crippen LogP contribution >= 0.6 is 12.2 Å². The van der Waals surface area contributed by atoms with Gasteiger partial charge in [0, 0.05) is 30.7 Å². The van der Waals surface area contributed by atoms with Crippen LogP contribution in [0.5, 0.6) is 5.75 Å². The smallest absolute Gasteiger partial charge is 0.174 e. The number of benzene rings is 2. The highest BCUT2D eigenvalue weighted by Gasteiger charge is 2.30. The van der Waals surface area contributed by atoms with Gasteiger partial charge in [0.1, 0.15) is 5.75 Å². The Morgan fingerprint density at radius 2 is 1.77 bits per heavy atom. The first-order chi connectivity index (χ1) is 12.8. The molecule has 0 spiro atoms. The lowest BCUT2D eigenvalue weighted by molar-refractivity contribution is 0.293. The Morgan fingerprint density at radius 3 is 2.50 bits per heavy atom. The van der Waals surface area contributed by atoms with Crippen LogP contribution in [0.2, 0.25) is 0 Å². The predicted octanol–water partition coefficient (Wildman–Crippen LogP) is 4.30. The summed E-state index contributed by atoms with van der Waals surface area (Å²) in [7, 11) is 1.67. The molecule has 1 N–H and O–H groups in total. The summed E-state index contributed by atoms with van der Waals surface area (Å²) >= 11 is 5.77. The third-order valence-corrected chi connectivity index (χ3v) is 5.09. The molecule has 0 aliphatic carbocycles. The molecule has 26 heavy (non-hydrogen) atoms. The van der Waals surface area contributed by atoms with Gasteiger partial charge in [0.2, 0.25) is 0 Å². The first kappa shape index (κ1) is 16.7. The highest BCUT2D eigenvalue weighted by molar-refractivity contribution is 7.80. The normalized spacial score (nSPS) is 16.0. The number of aromatic nitrogens is 1. The van der Waals surface area contributed by atoms with Crippen LogP contribution in [0.15, 0.2) is 72.9 Å². The van der Waals surface area contributed by atoms with Crippen LogP contribution in [0, 0.1) is 0 Å². The second-order valence-electron chi connectivity index (χ2n) is 6.29. The van der Waals surface area contributed by atoms with Crippen molar-refractivity contribution in [2.24, 2.45) is 0 Å². The van der Waals surface area contributed by atoms with Crippen LogP contribution in [-0.2, 0) is 6.54 Å². The molecule has 1 aliphatic rings. The molecule has 0 bridgehead atoms. The molecule has 132 valence electrons. The molecular formula is C21H21N3OS. The molecule has 2 heterocycles. The number of hydrogen-bond donors (Lipinski definition) is 1. The number of methoxy groups -OCH3 is 1. The van der Waals surface area contributed by atoms with Gasteiger partial charge in [-0.25, -0.2) is 0 Å². The molecular weight excluding hydrogens is 342 g/mol. The van der Waals surface area contributed by atoms with E-state index in [1.807, 2.05) is 30.3 Å². The molecule has 0 fully saturated rings. The standard InChI is InChI=1S/C21H21N3OS/c1-25-18-11-9-17(10-12-18)22-21(26)24-15-14-23-13-5-8-19(23)20(24)16-6-3-2-4-7-16/h2-13,20H,14-15H2,1H3,(H,22,26). The Hall–Kier alpha value is -2.79. The fraction of sp³-hybridized carbons (Fsp3) is 0.190. The van der Waals surface area contributed by atoms with Crippen LogP contribution in [0.1, 0.15) is 17.3 Å². The lowest BCUT2D eigenvalue weighted by atomic mass is 10.0. The zero-order valence-corrected chi connectivity index (χ0v) is 15.4. The van der Waals surface area contributed by atoms with Gasteiger partial charge in [-0.15, -0.1) is 0 Å². The topological polar surface area (TPSA) is 29.4 Å². The first-order valence-electron chi connectivity index (χ1n) is 8.68. The van der Waals surface area contributed by atoms with E-state index in [1.165, 1.54) is 11.3 Å². The summed E-state index contributed by atoms with van der Waals surface area (Å²) in [6, 6.07) is 22.8. The van der Waals surface area contributed by atoms with Crippen LogP contribution < -0.4 is 10.1 Å². The molecule has 4 nitrogen and oxygen atoms in total. The maximum absolute atomic E-state index is 5.77. The quantitative estimate of drug-likeness (QED) is 0.703. The number of thiocarbonyl (C=S) groups is 1. The second kappa shape index (κ2) is 7.22. The third kappa shape index (κ3) is 3.18. The van der Waals surface area contributed by atoms with Gasteiger partial charge in [-0.05, 0) is 54.2 Å². The van der Waals surface area contributed by atoms with Crippen molar-refractivity contribution < 1.29 is 4.74 Å². The highest BCUT2D eigenvalue weighted by atomic mass is 32.1. The van der Waals surface area contributed by atoms with Crippen molar-refractivity contribution in [3.05, 3.63) is 84.2 Å². The lowest BCUT2D eigenvalue weighted by Crippen LogP contribution is -2.44. The first-order valence-corrected chi connectivity index (χ1v) is 9.09. The van der Waals surface area contributed by atoms with Gasteiger partial charge in [-0.3, -0.25) is 0 Å². The van der Waals surface area contributed by atoms with Gasteiger partial charge in [-0.1, -0.05) is 30.3 Å². The van der Waals surface area contributed by atoms with E-state index in [1.54, 1.807) is 7.11 Å². The minimum absolute atomic E-state index is 0.109. The summed E-state index contributed by atoms with van der Waals surface area (Å²) < 4.78 is 7.53. The molecule has 0 saturated heterocycles. The zero-order chi connectivity index (χ0) is 17.9. The van der Waals surface area contributed by atoms with Crippen molar-refractivity contribution in [3.63, 3.8) is 0 Å². The van der Waals surface area contributed by atoms with Crippen molar-refractivity contribution in [1.29, 1.82) is 0 Å². The highest BCUT2D eigenvalue weighted by Crippen LogP contribution is 2.32. The number of hydrogen-bond acceptors (Lipinski definition) is 2. The van der Waals surface area contributed by atoms with E-state index in [-0.39, 0.29) is 6.04 Å². The van der Waals surface area contributed by atoms with E-state index >= 15 is 0 Å². The summed E-state index contributed by atoms with van der Waals surface area (Å²) in [5, 5.41) is 4.11. The number of anilines is 1.